The number of halogens is 3. The summed E-state index contributed by atoms with van der Waals surface area (Å²) in [4.78, 5) is 12.0. The molecule has 0 radical (unpaired) electrons. The lowest BCUT2D eigenvalue weighted by atomic mass is 10.2. The number of hydrogen-bond acceptors (Lipinski definition) is 1. The van der Waals surface area contributed by atoms with Crippen LogP contribution in [0.25, 0.3) is 0 Å². The fraction of sp³-hybridized carbons (Fsp3) is 0.300. The summed E-state index contributed by atoms with van der Waals surface area (Å²) < 4.78 is 37.3. The average Bonchev–Trinajstić information content (AvgIpc) is 2.59. The van der Waals surface area contributed by atoms with Crippen molar-refractivity contribution in [2.24, 2.45) is 0 Å². The molecule has 1 aromatic carbocycles. The molecular weight excluding hydrogens is 207 g/mol. The van der Waals surface area contributed by atoms with E-state index in [4.69, 9.17) is 0 Å². The van der Waals surface area contributed by atoms with E-state index in [-0.39, 0.29) is 12.2 Å². The van der Waals surface area contributed by atoms with Gasteiger partial charge in [-0.15, -0.1) is 0 Å². The highest BCUT2D eigenvalue weighted by molar-refractivity contribution is 5.97. The zero-order valence-electron chi connectivity index (χ0n) is 7.71. The Labute approximate surface area is 84.3 Å². The zero-order valence-corrected chi connectivity index (χ0v) is 7.71. The molecule has 1 amide bonds. The molecule has 15 heavy (non-hydrogen) atoms. The van der Waals surface area contributed by atoms with E-state index < -0.39 is 18.1 Å². The summed E-state index contributed by atoms with van der Waals surface area (Å²) in [5.74, 6) is -1.79. The first-order valence-electron chi connectivity index (χ1n) is 4.47. The van der Waals surface area contributed by atoms with Gasteiger partial charge in [0.05, 0.1) is 0 Å². The number of amides is 1. The highest BCUT2D eigenvalue weighted by Crippen LogP contribution is 2.29. The van der Waals surface area contributed by atoms with Gasteiger partial charge in [0.1, 0.15) is 5.82 Å². The Morgan fingerprint density at radius 2 is 2.13 bits per heavy atom. The maximum atomic E-state index is 12.9. The molecular formula is C10H8F3NO. The zero-order chi connectivity index (χ0) is 11.0. The molecule has 80 valence electrons. The van der Waals surface area contributed by atoms with Gasteiger partial charge in [0.2, 0.25) is 0 Å². The molecule has 1 aromatic rings. The summed E-state index contributed by atoms with van der Waals surface area (Å²) >= 11 is 0. The number of carbonyl (C=O) groups is 1. The predicted octanol–water partition coefficient (Wildman–Crippen LogP) is 1.98. The molecule has 0 aliphatic carbocycles. The number of nitrogens with zero attached hydrogens (tertiary/aromatic N) is 1. The van der Waals surface area contributed by atoms with Crippen molar-refractivity contribution in [2.45, 2.75) is 12.8 Å². The van der Waals surface area contributed by atoms with Crippen molar-refractivity contribution < 1.29 is 18.0 Å². The van der Waals surface area contributed by atoms with E-state index in [1.807, 2.05) is 0 Å². The number of anilines is 1. The lowest BCUT2D eigenvalue weighted by Crippen LogP contribution is -2.34. The van der Waals surface area contributed by atoms with Crippen LogP contribution in [0.2, 0.25) is 0 Å². The quantitative estimate of drug-likeness (QED) is 0.701. The standard InChI is InChI=1S/C10H8F3NO/c11-7-2-1-6-3-4-14(8(6)5-7)10(15)9(12)13/h1-2,5,9H,3-4H2. The molecule has 0 bridgehead atoms. The van der Waals surface area contributed by atoms with Crippen LogP contribution in [-0.4, -0.2) is 18.9 Å². The fourth-order valence-corrected chi connectivity index (χ4v) is 1.70. The molecule has 2 nitrogen and oxygen atoms in total. The van der Waals surface area contributed by atoms with Crippen LogP contribution in [0, 0.1) is 5.82 Å². The number of rotatable bonds is 1. The minimum Gasteiger partial charge on any atom is -0.307 e. The Balaban J connectivity index is 2.35. The van der Waals surface area contributed by atoms with Gasteiger partial charge in [-0.25, -0.2) is 4.39 Å². The van der Waals surface area contributed by atoms with Crippen LogP contribution in [0.4, 0.5) is 18.9 Å². The van der Waals surface area contributed by atoms with E-state index in [1.165, 1.54) is 12.1 Å². The normalized spacial score (nSPS) is 14.5. The first kappa shape index (κ1) is 10.0. The topological polar surface area (TPSA) is 20.3 Å². The van der Waals surface area contributed by atoms with Crippen molar-refractivity contribution in [1.82, 2.24) is 0 Å². The molecule has 0 aromatic heterocycles. The lowest BCUT2D eigenvalue weighted by Gasteiger charge is -2.16. The molecule has 2 rings (SSSR count). The van der Waals surface area contributed by atoms with Crippen molar-refractivity contribution in [2.75, 3.05) is 11.4 Å². The van der Waals surface area contributed by atoms with Crippen LogP contribution in [0.15, 0.2) is 18.2 Å². The van der Waals surface area contributed by atoms with Crippen molar-refractivity contribution in [3.8, 4) is 0 Å². The largest absolute Gasteiger partial charge is 0.316 e. The van der Waals surface area contributed by atoms with Gasteiger partial charge in [-0.1, -0.05) is 6.07 Å². The summed E-state index contributed by atoms with van der Waals surface area (Å²) in [6.45, 7) is 0.196. The maximum Gasteiger partial charge on any atom is 0.316 e. The monoisotopic (exact) mass is 215 g/mol. The predicted molar refractivity (Wildman–Crippen MR) is 48.5 cm³/mol. The van der Waals surface area contributed by atoms with E-state index in [0.717, 1.165) is 16.5 Å². The average molecular weight is 215 g/mol. The third-order valence-corrected chi connectivity index (χ3v) is 2.40. The van der Waals surface area contributed by atoms with E-state index in [0.29, 0.717) is 6.42 Å². The van der Waals surface area contributed by atoms with Crippen molar-refractivity contribution in [3.63, 3.8) is 0 Å². The highest BCUT2D eigenvalue weighted by Gasteiger charge is 2.30. The molecule has 0 unspecified atom stereocenters. The van der Waals surface area contributed by atoms with E-state index in [9.17, 15) is 18.0 Å². The van der Waals surface area contributed by atoms with Gasteiger partial charge in [0, 0.05) is 12.2 Å². The van der Waals surface area contributed by atoms with E-state index in [1.54, 1.807) is 0 Å². The Morgan fingerprint density at radius 3 is 2.80 bits per heavy atom. The SMILES string of the molecule is O=C(C(F)F)N1CCc2ccc(F)cc21. The first-order chi connectivity index (χ1) is 7.09. The Morgan fingerprint density at radius 1 is 1.40 bits per heavy atom. The Hall–Kier alpha value is -1.52. The van der Waals surface area contributed by atoms with Crippen LogP contribution in [-0.2, 0) is 11.2 Å². The minimum absolute atomic E-state index is 0.196. The van der Waals surface area contributed by atoms with Crippen LogP contribution in [0.3, 0.4) is 0 Å². The van der Waals surface area contributed by atoms with Crippen LogP contribution in [0.1, 0.15) is 5.56 Å². The van der Waals surface area contributed by atoms with Gasteiger partial charge in [0.25, 0.3) is 5.91 Å². The second-order valence-corrected chi connectivity index (χ2v) is 3.31. The molecule has 0 N–H and O–H groups in total. The number of hydrogen-bond donors (Lipinski definition) is 0. The van der Waals surface area contributed by atoms with E-state index in [2.05, 4.69) is 0 Å². The number of carbonyl (C=O) groups excluding carboxylic acids is 1. The molecule has 1 aliphatic rings. The van der Waals surface area contributed by atoms with Gasteiger partial charge < -0.3 is 4.90 Å². The van der Waals surface area contributed by atoms with Gasteiger partial charge in [0.15, 0.2) is 0 Å². The highest BCUT2D eigenvalue weighted by atomic mass is 19.3. The molecule has 1 heterocycles. The van der Waals surface area contributed by atoms with E-state index >= 15 is 0 Å². The van der Waals surface area contributed by atoms with Gasteiger partial charge in [-0.3, -0.25) is 4.79 Å². The van der Waals surface area contributed by atoms with Crippen molar-refractivity contribution in [3.05, 3.63) is 29.6 Å². The molecule has 0 saturated carbocycles. The van der Waals surface area contributed by atoms with Gasteiger partial charge >= 0.3 is 6.43 Å². The Kier molecular flexibility index (Phi) is 2.38. The molecule has 5 heteroatoms. The Bertz CT molecular complexity index is 406. The second-order valence-electron chi connectivity index (χ2n) is 3.31. The van der Waals surface area contributed by atoms with Crippen LogP contribution >= 0.6 is 0 Å². The number of benzene rings is 1. The second kappa shape index (κ2) is 3.56. The van der Waals surface area contributed by atoms with Crippen molar-refractivity contribution in [1.29, 1.82) is 0 Å². The smallest absolute Gasteiger partial charge is 0.307 e. The summed E-state index contributed by atoms with van der Waals surface area (Å²) in [5.41, 5.74) is 0.991. The summed E-state index contributed by atoms with van der Waals surface area (Å²) in [6, 6.07) is 3.89. The summed E-state index contributed by atoms with van der Waals surface area (Å²) in [5, 5.41) is 0. The molecule has 0 spiro atoms. The minimum atomic E-state index is -3.04. The third-order valence-electron chi connectivity index (χ3n) is 2.40. The van der Waals surface area contributed by atoms with Crippen LogP contribution in [0.5, 0.6) is 0 Å². The van der Waals surface area contributed by atoms with Crippen LogP contribution < -0.4 is 4.90 Å². The number of alkyl halides is 2. The fourth-order valence-electron chi connectivity index (χ4n) is 1.70. The maximum absolute atomic E-state index is 12.9. The summed E-state index contributed by atoms with van der Waals surface area (Å²) in [6.07, 6.45) is -2.55. The molecule has 0 fully saturated rings. The van der Waals surface area contributed by atoms with Crippen molar-refractivity contribution >= 4 is 11.6 Å². The van der Waals surface area contributed by atoms with Gasteiger partial charge in [-0.2, -0.15) is 8.78 Å². The summed E-state index contributed by atoms with van der Waals surface area (Å²) in [7, 11) is 0. The molecule has 0 saturated heterocycles. The molecule has 1 aliphatic heterocycles. The number of fused-ring (bicyclic) bond motifs is 1. The third kappa shape index (κ3) is 1.69. The lowest BCUT2D eigenvalue weighted by molar-refractivity contribution is -0.128. The molecule has 0 atom stereocenters. The first-order valence-corrected chi connectivity index (χ1v) is 4.47. The van der Waals surface area contributed by atoms with Gasteiger partial charge in [-0.05, 0) is 24.1 Å².